The molecule has 0 aliphatic rings. The predicted molar refractivity (Wildman–Crippen MR) is 60.0 cm³/mol. The normalized spacial score (nSPS) is 11.4. The highest BCUT2D eigenvalue weighted by Crippen LogP contribution is 2.29. The first-order valence-electron chi connectivity index (χ1n) is 5.35. The number of halogens is 4. The number of benzene rings is 1. The van der Waals surface area contributed by atoms with Crippen molar-refractivity contribution in [3.05, 3.63) is 59.7 Å². The van der Waals surface area contributed by atoms with E-state index < -0.39 is 17.7 Å². The van der Waals surface area contributed by atoms with Gasteiger partial charge in [0.05, 0.1) is 11.8 Å². The van der Waals surface area contributed by atoms with E-state index in [1.807, 2.05) is 0 Å². The van der Waals surface area contributed by atoms with E-state index in [2.05, 4.69) is 4.98 Å². The monoisotopic (exact) mass is 271 g/mol. The predicted octanol–water partition coefficient (Wildman–Crippen LogP) is 3.82. The molecule has 100 valence electrons. The van der Waals surface area contributed by atoms with Gasteiger partial charge in [0.15, 0.2) is 0 Å². The van der Waals surface area contributed by atoms with Crippen LogP contribution in [0.3, 0.4) is 0 Å². The number of hydrogen-bond acceptors (Lipinski definition) is 2. The summed E-state index contributed by atoms with van der Waals surface area (Å²) in [5, 5.41) is 0. The molecule has 1 aromatic carbocycles. The van der Waals surface area contributed by atoms with Crippen molar-refractivity contribution in [1.82, 2.24) is 4.98 Å². The van der Waals surface area contributed by atoms with Crippen LogP contribution in [0.1, 0.15) is 11.1 Å². The Hall–Kier alpha value is -2.11. The minimum atomic E-state index is -4.35. The van der Waals surface area contributed by atoms with Gasteiger partial charge in [-0.15, -0.1) is 0 Å². The summed E-state index contributed by atoms with van der Waals surface area (Å²) in [5.41, 5.74) is -0.128. The van der Waals surface area contributed by atoms with Gasteiger partial charge in [0.25, 0.3) is 0 Å². The van der Waals surface area contributed by atoms with Gasteiger partial charge in [0, 0.05) is 0 Å². The lowest BCUT2D eigenvalue weighted by atomic mass is 10.1. The molecule has 0 aliphatic heterocycles. The van der Waals surface area contributed by atoms with E-state index in [0.29, 0.717) is 11.3 Å². The second-order valence-corrected chi connectivity index (χ2v) is 3.80. The molecule has 1 heterocycles. The first-order valence-corrected chi connectivity index (χ1v) is 5.35. The third-order valence-corrected chi connectivity index (χ3v) is 2.39. The van der Waals surface area contributed by atoms with E-state index in [9.17, 15) is 17.6 Å². The van der Waals surface area contributed by atoms with Crippen LogP contribution in [-0.2, 0) is 12.8 Å². The van der Waals surface area contributed by atoms with Crippen LogP contribution in [0.2, 0.25) is 0 Å². The minimum absolute atomic E-state index is 0.0887. The smallest absolute Gasteiger partial charge is 0.416 e. The van der Waals surface area contributed by atoms with E-state index in [0.717, 1.165) is 18.2 Å². The maximum atomic E-state index is 12.5. The molecule has 0 unspecified atom stereocenters. The van der Waals surface area contributed by atoms with Crippen LogP contribution in [0.15, 0.2) is 42.6 Å². The fraction of sp³-hybridized carbons (Fsp3) is 0.154. The summed E-state index contributed by atoms with van der Waals surface area (Å²) >= 11 is 0. The molecule has 6 heteroatoms. The Kier molecular flexibility index (Phi) is 3.69. The SMILES string of the molecule is Fc1ccc(OCc2ccc(C(F)(F)F)cc2)cn1. The molecule has 19 heavy (non-hydrogen) atoms. The van der Waals surface area contributed by atoms with E-state index in [1.165, 1.54) is 24.4 Å². The molecule has 0 aliphatic carbocycles. The van der Waals surface area contributed by atoms with E-state index in [1.54, 1.807) is 0 Å². The lowest BCUT2D eigenvalue weighted by Gasteiger charge is -2.08. The molecule has 2 rings (SSSR count). The third-order valence-electron chi connectivity index (χ3n) is 2.39. The molecule has 2 nitrogen and oxygen atoms in total. The largest absolute Gasteiger partial charge is 0.487 e. The van der Waals surface area contributed by atoms with Crippen molar-refractivity contribution in [3.8, 4) is 5.75 Å². The summed E-state index contributed by atoms with van der Waals surface area (Å²) in [6, 6.07) is 7.18. The molecule has 0 saturated carbocycles. The maximum absolute atomic E-state index is 12.5. The number of pyridine rings is 1. The minimum Gasteiger partial charge on any atom is -0.487 e. The lowest BCUT2D eigenvalue weighted by Crippen LogP contribution is -2.05. The molecule has 0 spiro atoms. The summed E-state index contributed by atoms with van der Waals surface area (Å²) in [6.45, 7) is 0.0887. The second-order valence-electron chi connectivity index (χ2n) is 3.80. The number of ether oxygens (including phenoxy) is 1. The molecule has 0 saturated heterocycles. The number of nitrogens with zero attached hydrogens (tertiary/aromatic N) is 1. The molecular formula is C13H9F4NO. The Bertz CT molecular complexity index is 534. The molecule has 0 N–H and O–H groups in total. The summed E-state index contributed by atoms with van der Waals surface area (Å²) in [6.07, 6.45) is -3.14. The number of hydrogen-bond donors (Lipinski definition) is 0. The van der Waals surface area contributed by atoms with Crippen LogP contribution in [0, 0.1) is 5.95 Å². The maximum Gasteiger partial charge on any atom is 0.416 e. The fourth-order valence-corrected chi connectivity index (χ4v) is 1.40. The highest BCUT2D eigenvalue weighted by molar-refractivity contribution is 5.25. The van der Waals surface area contributed by atoms with Crippen LogP contribution in [0.5, 0.6) is 5.75 Å². The van der Waals surface area contributed by atoms with Crippen LogP contribution in [0.25, 0.3) is 0 Å². The molecule has 1 aromatic heterocycles. The number of rotatable bonds is 3. The Balaban J connectivity index is 1.98. The first kappa shape index (κ1) is 13.3. The van der Waals surface area contributed by atoms with Gasteiger partial charge < -0.3 is 4.74 Å². The van der Waals surface area contributed by atoms with Gasteiger partial charge in [-0.2, -0.15) is 17.6 Å². The highest BCUT2D eigenvalue weighted by Gasteiger charge is 2.29. The van der Waals surface area contributed by atoms with E-state index in [-0.39, 0.29) is 6.61 Å². The van der Waals surface area contributed by atoms with Crippen LogP contribution >= 0.6 is 0 Å². The zero-order chi connectivity index (χ0) is 13.9. The molecule has 0 atom stereocenters. The van der Waals surface area contributed by atoms with Crippen molar-refractivity contribution < 1.29 is 22.3 Å². The average molecular weight is 271 g/mol. The van der Waals surface area contributed by atoms with Gasteiger partial charge in [-0.05, 0) is 29.8 Å². The van der Waals surface area contributed by atoms with Crippen LogP contribution in [-0.4, -0.2) is 4.98 Å². The molecular weight excluding hydrogens is 262 g/mol. The lowest BCUT2D eigenvalue weighted by molar-refractivity contribution is -0.137. The zero-order valence-corrected chi connectivity index (χ0v) is 9.62. The van der Waals surface area contributed by atoms with Crippen molar-refractivity contribution >= 4 is 0 Å². The molecule has 2 aromatic rings. The summed E-state index contributed by atoms with van der Waals surface area (Å²) in [4.78, 5) is 3.40. The Morgan fingerprint density at radius 1 is 1.00 bits per heavy atom. The van der Waals surface area contributed by atoms with Gasteiger partial charge in [-0.25, -0.2) is 4.98 Å². The quantitative estimate of drug-likeness (QED) is 0.625. The number of aromatic nitrogens is 1. The molecule has 0 bridgehead atoms. The van der Waals surface area contributed by atoms with Gasteiger partial charge >= 0.3 is 6.18 Å². The fourth-order valence-electron chi connectivity index (χ4n) is 1.40. The summed E-state index contributed by atoms with van der Waals surface area (Å²) in [7, 11) is 0. The van der Waals surface area contributed by atoms with E-state index in [4.69, 9.17) is 4.74 Å². The van der Waals surface area contributed by atoms with Crippen molar-refractivity contribution in [1.29, 1.82) is 0 Å². The standard InChI is InChI=1S/C13H9F4NO/c14-12-6-5-11(7-18-12)19-8-9-1-3-10(4-2-9)13(15,16)17/h1-7H,8H2. The van der Waals surface area contributed by atoms with Crippen molar-refractivity contribution in [2.75, 3.05) is 0 Å². The van der Waals surface area contributed by atoms with Gasteiger partial charge in [-0.1, -0.05) is 12.1 Å². The van der Waals surface area contributed by atoms with Crippen molar-refractivity contribution in [3.63, 3.8) is 0 Å². The topological polar surface area (TPSA) is 22.1 Å². The Labute approximate surface area is 106 Å². The summed E-state index contributed by atoms with van der Waals surface area (Å²) in [5.74, 6) is -0.275. The van der Waals surface area contributed by atoms with Gasteiger partial charge in [0.2, 0.25) is 5.95 Å². The highest BCUT2D eigenvalue weighted by atomic mass is 19.4. The Morgan fingerprint density at radius 3 is 2.21 bits per heavy atom. The van der Waals surface area contributed by atoms with Gasteiger partial charge in [-0.3, -0.25) is 0 Å². The molecule has 0 amide bonds. The van der Waals surface area contributed by atoms with Crippen LogP contribution in [0.4, 0.5) is 17.6 Å². The van der Waals surface area contributed by atoms with Crippen molar-refractivity contribution in [2.24, 2.45) is 0 Å². The number of alkyl halides is 3. The Morgan fingerprint density at radius 2 is 1.68 bits per heavy atom. The van der Waals surface area contributed by atoms with Crippen LogP contribution < -0.4 is 4.74 Å². The average Bonchev–Trinajstić information content (AvgIpc) is 2.37. The molecule has 0 radical (unpaired) electrons. The first-order chi connectivity index (χ1) is 8.95. The van der Waals surface area contributed by atoms with Crippen molar-refractivity contribution in [2.45, 2.75) is 12.8 Å². The van der Waals surface area contributed by atoms with E-state index >= 15 is 0 Å². The second kappa shape index (κ2) is 5.26. The molecule has 0 fully saturated rings. The van der Waals surface area contributed by atoms with Gasteiger partial charge in [0.1, 0.15) is 12.4 Å². The zero-order valence-electron chi connectivity index (χ0n) is 9.62. The summed E-state index contributed by atoms with van der Waals surface area (Å²) < 4.78 is 54.8. The third kappa shape index (κ3) is 3.67.